The van der Waals surface area contributed by atoms with Crippen molar-refractivity contribution < 1.29 is 19.1 Å². The Bertz CT molecular complexity index is 489. The highest BCUT2D eigenvalue weighted by atomic mass is 19.1. The van der Waals surface area contributed by atoms with Gasteiger partial charge >= 0.3 is 5.97 Å². The van der Waals surface area contributed by atoms with Crippen molar-refractivity contribution in [1.29, 1.82) is 0 Å². The first-order valence-electron chi connectivity index (χ1n) is 6.33. The second-order valence-electron chi connectivity index (χ2n) is 4.79. The van der Waals surface area contributed by atoms with Crippen LogP contribution in [0.1, 0.15) is 24.8 Å². The molecule has 0 aliphatic heterocycles. The third-order valence-electron chi connectivity index (χ3n) is 3.58. The van der Waals surface area contributed by atoms with Gasteiger partial charge in [-0.1, -0.05) is 24.6 Å². The van der Waals surface area contributed by atoms with Crippen LogP contribution in [0.2, 0.25) is 0 Å². The van der Waals surface area contributed by atoms with Gasteiger partial charge in [0, 0.05) is 12.1 Å². The van der Waals surface area contributed by atoms with E-state index < -0.39 is 17.8 Å². The Kier molecular flexibility index (Phi) is 4.14. The summed E-state index contributed by atoms with van der Waals surface area (Å²) in [5.41, 5.74) is 0.403. The molecule has 2 rings (SSSR count). The standard InChI is InChI=1S/C14H16FNO3/c15-12-7-2-1-4-9(12)8-16-13(17)10-5-3-6-11(10)14(18)19/h1-2,4,7,10-11H,3,5-6,8H2,(H,16,17)(H,18,19). The summed E-state index contributed by atoms with van der Waals surface area (Å²) in [7, 11) is 0. The summed E-state index contributed by atoms with van der Waals surface area (Å²) in [6.45, 7) is 0.0916. The third kappa shape index (κ3) is 3.10. The second kappa shape index (κ2) is 5.82. The van der Waals surface area contributed by atoms with Crippen LogP contribution >= 0.6 is 0 Å². The van der Waals surface area contributed by atoms with Crippen LogP contribution in [0.3, 0.4) is 0 Å². The summed E-state index contributed by atoms with van der Waals surface area (Å²) in [6.07, 6.45) is 1.86. The first-order chi connectivity index (χ1) is 9.09. The maximum atomic E-state index is 13.4. The fraction of sp³-hybridized carbons (Fsp3) is 0.429. The van der Waals surface area contributed by atoms with Gasteiger partial charge in [-0.2, -0.15) is 0 Å². The minimum absolute atomic E-state index is 0.0916. The minimum Gasteiger partial charge on any atom is -0.481 e. The predicted octanol–water partition coefficient (Wildman–Crippen LogP) is 1.94. The monoisotopic (exact) mass is 265 g/mol. The Morgan fingerprint density at radius 3 is 2.63 bits per heavy atom. The fourth-order valence-corrected chi connectivity index (χ4v) is 2.52. The van der Waals surface area contributed by atoms with Crippen molar-refractivity contribution in [1.82, 2.24) is 5.32 Å². The lowest BCUT2D eigenvalue weighted by atomic mass is 9.95. The van der Waals surface area contributed by atoms with Crippen LogP contribution in [-0.4, -0.2) is 17.0 Å². The molecule has 0 heterocycles. The Morgan fingerprint density at radius 1 is 1.26 bits per heavy atom. The number of nitrogens with one attached hydrogen (secondary N) is 1. The fourth-order valence-electron chi connectivity index (χ4n) is 2.52. The largest absolute Gasteiger partial charge is 0.481 e. The summed E-state index contributed by atoms with van der Waals surface area (Å²) < 4.78 is 13.4. The number of carbonyl (C=O) groups is 2. The van der Waals surface area contributed by atoms with E-state index in [1.54, 1.807) is 18.2 Å². The molecule has 1 fully saturated rings. The molecule has 1 amide bonds. The van der Waals surface area contributed by atoms with Crippen molar-refractivity contribution in [3.05, 3.63) is 35.6 Å². The number of carboxylic acids is 1. The van der Waals surface area contributed by atoms with E-state index in [0.29, 0.717) is 18.4 Å². The highest BCUT2D eigenvalue weighted by Crippen LogP contribution is 2.32. The molecule has 2 N–H and O–H groups in total. The van der Waals surface area contributed by atoms with E-state index in [9.17, 15) is 14.0 Å². The lowest BCUT2D eigenvalue weighted by molar-refractivity contribution is -0.146. The number of aliphatic carboxylic acids is 1. The molecular weight excluding hydrogens is 249 g/mol. The molecule has 0 spiro atoms. The zero-order valence-corrected chi connectivity index (χ0v) is 10.4. The smallest absolute Gasteiger partial charge is 0.307 e. The van der Waals surface area contributed by atoms with Crippen molar-refractivity contribution in [2.75, 3.05) is 0 Å². The Hall–Kier alpha value is -1.91. The molecule has 0 radical (unpaired) electrons. The second-order valence-corrected chi connectivity index (χ2v) is 4.79. The number of carbonyl (C=O) groups excluding carboxylic acids is 1. The number of carboxylic acid groups (broad SMARTS) is 1. The van der Waals surface area contributed by atoms with E-state index in [2.05, 4.69) is 5.32 Å². The molecule has 0 bridgehead atoms. The molecule has 4 nitrogen and oxygen atoms in total. The molecular formula is C14H16FNO3. The van der Waals surface area contributed by atoms with Crippen molar-refractivity contribution in [2.45, 2.75) is 25.8 Å². The van der Waals surface area contributed by atoms with Crippen LogP contribution in [0.25, 0.3) is 0 Å². The molecule has 1 aliphatic rings. The number of halogens is 1. The molecule has 0 aromatic heterocycles. The van der Waals surface area contributed by atoms with Crippen molar-refractivity contribution in [2.24, 2.45) is 11.8 Å². The number of benzene rings is 1. The van der Waals surface area contributed by atoms with Gasteiger partial charge in [0.25, 0.3) is 0 Å². The van der Waals surface area contributed by atoms with Crippen LogP contribution in [-0.2, 0) is 16.1 Å². The van der Waals surface area contributed by atoms with Gasteiger partial charge in [0.2, 0.25) is 5.91 Å². The molecule has 102 valence electrons. The molecule has 1 aliphatic carbocycles. The summed E-state index contributed by atoms with van der Waals surface area (Å²) in [5, 5.41) is 11.6. The lowest BCUT2D eigenvalue weighted by Crippen LogP contribution is -2.35. The van der Waals surface area contributed by atoms with Gasteiger partial charge in [0.15, 0.2) is 0 Å². The SMILES string of the molecule is O=C(O)C1CCCC1C(=O)NCc1ccccc1F. The third-order valence-corrected chi connectivity index (χ3v) is 3.58. The highest BCUT2D eigenvalue weighted by molar-refractivity contribution is 5.85. The summed E-state index contributed by atoms with van der Waals surface area (Å²) in [5.74, 6) is -2.70. The van der Waals surface area contributed by atoms with Crippen LogP contribution in [0, 0.1) is 17.7 Å². The van der Waals surface area contributed by atoms with E-state index in [-0.39, 0.29) is 18.3 Å². The summed E-state index contributed by atoms with van der Waals surface area (Å²) in [6, 6.07) is 6.20. The normalized spacial score (nSPS) is 22.2. The van der Waals surface area contributed by atoms with Crippen molar-refractivity contribution in [3.8, 4) is 0 Å². The molecule has 1 aromatic rings. The van der Waals surface area contributed by atoms with Crippen LogP contribution in [0.5, 0.6) is 0 Å². The average Bonchev–Trinajstić information content (AvgIpc) is 2.87. The van der Waals surface area contributed by atoms with Gasteiger partial charge in [-0.3, -0.25) is 9.59 Å². The van der Waals surface area contributed by atoms with Gasteiger partial charge in [0.1, 0.15) is 5.82 Å². The maximum absolute atomic E-state index is 13.4. The zero-order valence-electron chi connectivity index (χ0n) is 10.4. The minimum atomic E-state index is -0.927. The van der Waals surface area contributed by atoms with Gasteiger partial charge in [-0.25, -0.2) is 4.39 Å². The lowest BCUT2D eigenvalue weighted by Gasteiger charge is -2.15. The van der Waals surface area contributed by atoms with E-state index in [1.807, 2.05) is 0 Å². The maximum Gasteiger partial charge on any atom is 0.307 e. The first-order valence-corrected chi connectivity index (χ1v) is 6.33. The molecule has 0 saturated heterocycles. The molecule has 19 heavy (non-hydrogen) atoms. The Morgan fingerprint density at radius 2 is 1.95 bits per heavy atom. The van der Waals surface area contributed by atoms with Crippen LogP contribution in [0.4, 0.5) is 4.39 Å². The number of rotatable bonds is 4. The number of hydrogen-bond acceptors (Lipinski definition) is 2. The summed E-state index contributed by atoms with van der Waals surface area (Å²) >= 11 is 0. The molecule has 5 heteroatoms. The Balaban J connectivity index is 1.95. The topological polar surface area (TPSA) is 66.4 Å². The number of amides is 1. The molecule has 2 unspecified atom stereocenters. The zero-order chi connectivity index (χ0) is 13.8. The summed E-state index contributed by atoms with van der Waals surface area (Å²) in [4.78, 5) is 23.0. The van der Waals surface area contributed by atoms with Crippen molar-refractivity contribution >= 4 is 11.9 Å². The van der Waals surface area contributed by atoms with E-state index >= 15 is 0 Å². The first kappa shape index (κ1) is 13.5. The van der Waals surface area contributed by atoms with Crippen LogP contribution in [0.15, 0.2) is 24.3 Å². The Labute approximate surface area is 110 Å². The average molecular weight is 265 g/mol. The van der Waals surface area contributed by atoms with Gasteiger partial charge in [-0.15, -0.1) is 0 Å². The molecule has 1 saturated carbocycles. The quantitative estimate of drug-likeness (QED) is 0.874. The predicted molar refractivity (Wildman–Crippen MR) is 66.7 cm³/mol. The van der Waals surface area contributed by atoms with Crippen LogP contribution < -0.4 is 5.32 Å². The van der Waals surface area contributed by atoms with Gasteiger partial charge < -0.3 is 10.4 Å². The van der Waals surface area contributed by atoms with Gasteiger partial charge in [-0.05, 0) is 18.9 Å². The molecule has 2 atom stereocenters. The van der Waals surface area contributed by atoms with E-state index in [4.69, 9.17) is 5.11 Å². The van der Waals surface area contributed by atoms with E-state index in [0.717, 1.165) is 6.42 Å². The van der Waals surface area contributed by atoms with Gasteiger partial charge in [0.05, 0.1) is 11.8 Å². The van der Waals surface area contributed by atoms with Crippen molar-refractivity contribution in [3.63, 3.8) is 0 Å². The van der Waals surface area contributed by atoms with E-state index in [1.165, 1.54) is 6.07 Å². The number of hydrogen-bond donors (Lipinski definition) is 2. The highest BCUT2D eigenvalue weighted by Gasteiger charge is 2.37. The molecule has 1 aromatic carbocycles.